The van der Waals surface area contributed by atoms with Crippen molar-refractivity contribution >= 4 is 21.6 Å². The predicted molar refractivity (Wildman–Crippen MR) is 70.7 cm³/mol. The Balaban J connectivity index is 2.20. The van der Waals surface area contributed by atoms with Crippen LogP contribution < -0.4 is 5.32 Å². The average molecular weight is 284 g/mol. The molecule has 1 N–H and O–H groups in total. The molecule has 0 saturated carbocycles. The Kier molecular flexibility index (Phi) is 3.70. The summed E-state index contributed by atoms with van der Waals surface area (Å²) in [5.41, 5.74) is 0.220. The highest BCUT2D eigenvalue weighted by atomic mass is 32.2. The van der Waals surface area contributed by atoms with E-state index in [1.807, 2.05) is 0 Å². The van der Waals surface area contributed by atoms with Gasteiger partial charge in [-0.3, -0.25) is 9.78 Å². The minimum Gasteiger partial charge on any atom is -0.372 e. The summed E-state index contributed by atoms with van der Waals surface area (Å²) in [6, 6.07) is -0.341. The molecule has 2 heterocycles. The lowest BCUT2D eigenvalue weighted by Gasteiger charge is -2.32. The molecule has 1 atom stereocenters. The molecule has 1 saturated heterocycles. The zero-order valence-electron chi connectivity index (χ0n) is 10.8. The van der Waals surface area contributed by atoms with E-state index in [0.717, 1.165) is 0 Å². The molecule has 8 heteroatoms. The summed E-state index contributed by atoms with van der Waals surface area (Å²) in [6.07, 6.45) is 2.90. The lowest BCUT2D eigenvalue weighted by atomic mass is 10.2. The van der Waals surface area contributed by atoms with Gasteiger partial charge in [-0.25, -0.2) is 13.4 Å². The molecule has 1 aromatic heterocycles. The van der Waals surface area contributed by atoms with E-state index in [4.69, 9.17) is 0 Å². The van der Waals surface area contributed by atoms with Gasteiger partial charge in [0.05, 0.1) is 23.9 Å². The number of rotatable bonds is 2. The van der Waals surface area contributed by atoms with Crippen molar-refractivity contribution in [3.63, 3.8) is 0 Å². The summed E-state index contributed by atoms with van der Waals surface area (Å²) in [5.74, 6) is 0.218. The number of amides is 1. The zero-order chi connectivity index (χ0) is 14.0. The third-order valence-electron chi connectivity index (χ3n) is 3.04. The van der Waals surface area contributed by atoms with Crippen LogP contribution in [0.5, 0.6) is 0 Å². The SMILES string of the molecule is CNc1cncc(C(=O)N2CCS(=O)(=O)CC2C)n1. The largest absolute Gasteiger partial charge is 0.372 e. The molecule has 1 aromatic rings. The van der Waals surface area contributed by atoms with Crippen LogP contribution in [-0.4, -0.2) is 60.3 Å². The average Bonchev–Trinajstić information content (AvgIpc) is 2.37. The van der Waals surface area contributed by atoms with Crippen LogP contribution in [0.15, 0.2) is 12.4 Å². The van der Waals surface area contributed by atoms with Crippen LogP contribution in [0.1, 0.15) is 17.4 Å². The molecule has 2 rings (SSSR count). The number of hydrogen-bond acceptors (Lipinski definition) is 6. The highest BCUT2D eigenvalue weighted by Crippen LogP contribution is 2.14. The van der Waals surface area contributed by atoms with Crippen molar-refractivity contribution in [2.75, 3.05) is 30.4 Å². The lowest BCUT2D eigenvalue weighted by Crippen LogP contribution is -2.49. The Morgan fingerprint density at radius 1 is 1.47 bits per heavy atom. The van der Waals surface area contributed by atoms with E-state index in [0.29, 0.717) is 5.82 Å². The minimum atomic E-state index is -3.04. The second-order valence-electron chi connectivity index (χ2n) is 4.50. The van der Waals surface area contributed by atoms with E-state index < -0.39 is 9.84 Å². The molecule has 19 heavy (non-hydrogen) atoms. The van der Waals surface area contributed by atoms with Crippen LogP contribution in [0.4, 0.5) is 5.82 Å². The standard InChI is InChI=1S/C11H16N4O3S/c1-8-7-19(17,18)4-3-15(8)11(16)9-5-13-6-10(12-2)14-9/h5-6,8H,3-4,7H2,1-2H3,(H,12,14). The molecule has 0 radical (unpaired) electrons. The Morgan fingerprint density at radius 3 is 2.84 bits per heavy atom. The Bertz CT molecular complexity index is 587. The van der Waals surface area contributed by atoms with Gasteiger partial charge in [-0.2, -0.15) is 0 Å². The van der Waals surface area contributed by atoms with E-state index in [-0.39, 0.29) is 35.7 Å². The van der Waals surface area contributed by atoms with Gasteiger partial charge in [0.25, 0.3) is 5.91 Å². The number of nitrogens with one attached hydrogen (secondary N) is 1. The summed E-state index contributed by atoms with van der Waals surface area (Å²) in [7, 11) is -1.35. The maximum absolute atomic E-state index is 12.3. The summed E-state index contributed by atoms with van der Waals surface area (Å²) in [5, 5.41) is 2.81. The summed E-state index contributed by atoms with van der Waals surface area (Å²) >= 11 is 0. The quantitative estimate of drug-likeness (QED) is 0.807. The first-order chi connectivity index (χ1) is 8.93. The zero-order valence-corrected chi connectivity index (χ0v) is 11.6. The lowest BCUT2D eigenvalue weighted by molar-refractivity contribution is 0.0706. The summed E-state index contributed by atoms with van der Waals surface area (Å²) < 4.78 is 23.0. The predicted octanol–water partition coefficient (Wildman–Crippen LogP) is -0.223. The first-order valence-electron chi connectivity index (χ1n) is 5.94. The molecule has 1 amide bonds. The maximum atomic E-state index is 12.3. The smallest absolute Gasteiger partial charge is 0.274 e. The Labute approximate surface area is 112 Å². The van der Waals surface area contributed by atoms with Gasteiger partial charge in [-0.1, -0.05) is 0 Å². The summed E-state index contributed by atoms with van der Waals surface area (Å²) in [4.78, 5) is 21.9. The van der Waals surface area contributed by atoms with Gasteiger partial charge >= 0.3 is 0 Å². The van der Waals surface area contributed by atoms with Gasteiger partial charge in [-0.05, 0) is 6.92 Å². The van der Waals surface area contributed by atoms with Crippen LogP contribution in [0.3, 0.4) is 0 Å². The molecular formula is C11H16N4O3S. The molecule has 1 unspecified atom stereocenters. The number of anilines is 1. The van der Waals surface area contributed by atoms with E-state index >= 15 is 0 Å². The fraction of sp³-hybridized carbons (Fsp3) is 0.545. The number of carbonyl (C=O) groups excluding carboxylic acids is 1. The van der Waals surface area contributed by atoms with Gasteiger partial charge in [0.2, 0.25) is 0 Å². The van der Waals surface area contributed by atoms with Crippen molar-refractivity contribution in [3.8, 4) is 0 Å². The van der Waals surface area contributed by atoms with Crippen molar-refractivity contribution in [2.45, 2.75) is 13.0 Å². The number of carbonyl (C=O) groups is 1. The van der Waals surface area contributed by atoms with E-state index in [2.05, 4.69) is 15.3 Å². The Morgan fingerprint density at radius 2 is 2.21 bits per heavy atom. The number of nitrogens with zero attached hydrogens (tertiary/aromatic N) is 3. The van der Waals surface area contributed by atoms with Crippen LogP contribution in [0, 0.1) is 0 Å². The van der Waals surface area contributed by atoms with Gasteiger partial charge in [-0.15, -0.1) is 0 Å². The highest BCUT2D eigenvalue weighted by Gasteiger charge is 2.32. The van der Waals surface area contributed by atoms with Crippen LogP contribution in [0.2, 0.25) is 0 Å². The normalized spacial score (nSPS) is 22.0. The van der Waals surface area contributed by atoms with Crippen molar-refractivity contribution in [1.29, 1.82) is 0 Å². The van der Waals surface area contributed by atoms with E-state index in [9.17, 15) is 13.2 Å². The number of aromatic nitrogens is 2. The van der Waals surface area contributed by atoms with Crippen LogP contribution in [0.25, 0.3) is 0 Å². The van der Waals surface area contributed by atoms with Gasteiger partial charge < -0.3 is 10.2 Å². The molecule has 0 aromatic carbocycles. The van der Waals surface area contributed by atoms with Crippen molar-refractivity contribution in [2.24, 2.45) is 0 Å². The summed E-state index contributed by atoms with van der Waals surface area (Å²) in [6.45, 7) is 1.93. The fourth-order valence-corrected chi connectivity index (χ4v) is 3.59. The number of sulfone groups is 1. The third kappa shape index (κ3) is 3.01. The first kappa shape index (κ1) is 13.7. The maximum Gasteiger partial charge on any atom is 0.274 e. The van der Waals surface area contributed by atoms with Crippen molar-refractivity contribution in [1.82, 2.24) is 14.9 Å². The Hall–Kier alpha value is -1.70. The van der Waals surface area contributed by atoms with E-state index in [1.165, 1.54) is 17.3 Å². The first-order valence-corrected chi connectivity index (χ1v) is 7.76. The third-order valence-corrected chi connectivity index (χ3v) is 4.84. The molecule has 7 nitrogen and oxygen atoms in total. The van der Waals surface area contributed by atoms with Gasteiger partial charge in [0, 0.05) is 19.6 Å². The van der Waals surface area contributed by atoms with Crippen LogP contribution >= 0.6 is 0 Å². The minimum absolute atomic E-state index is 0.00210. The van der Waals surface area contributed by atoms with Crippen molar-refractivity contribution in [3.05, 3.63) is 18.1 Å². The second-order valence-corrected chi connectivity index (χ2v) is 6.73. The molecule has 0 spiro atoms. The van der Waals surface area contributed by atoms with Gasteiger partial charge in [0.15, 0.2) is 9.84 Å². The fourth-order valence-electron chi connectivity index (χ4n) is 2.04. The molecule has 1 fully saturated rings. The molecular weight excluding hydrogens is 268 g/mol. The van der Waals surface area contributed by atoms with Gasteiger partial charge in [0.1, 0.15) is 11.5 Å². The molecule has 104 valence electrons. The van der Waals surface area contributed by atoms with Crippen molar-refractivity contribution < 1.29 is 13.2 Å². The van der Waals surface area contributed by atoms with E-state index in [1.54, 1.807) is 14.0 Å². The molecule has 1 aliphatic rings. The van der Waals surface area contributed by atoms with Crippen LogP contribution in [-0.2, 0) is 9.84 Å². The topological polar surface area (TPSA) is 92.3 Å². The number of hydrogen-bond donors (Lipinski definition) is 1. The second kappa shape index (κ2) is 5.12. The molecule has 0 bridgehead atoms. The molecule has 1 aliphatic heterocycles. The monoisotopic (exact) mass is 284 g/mol. The molecule has 0 aliphatic carbocycles. The highest BCUT2D eigenvalue weighted by molar-refractivity contribution is 7.91.